The summed E-state index contributed by atoms with van der Waals surface area (Å²) in [5.41, 5.74) is 24.1. The number of benzene rings is 11. The van der Waals surface area contributed by atoms with Crippen LogP contribution in [-0.4, -0.2) is 0 Å². The minimum Gasteiger partial charge on any atom is -0.310 e. The molecule has 0 N–H and O–H groups in total. The standard InChI is InChI=1S/C69H51N/c1-3-69(4-2)63-43-46(36-40-57(63)58-42-39-53(44-64(58)69)70(51-27-13-7-14-28-51)52-29-15-8-16-30-52)35-37-48-38-41-56(55-32-18-17-31-54(48)55)62-45-61(47-21-9-5-10-22-47)67-59-33-19-25-49-26-20-34-60(65(49)59)68(67)66(62)50-23-11-6-12-24-50/h5-45H,3-4H2,1-2H3/b37-35+. The highest BCUT2D eigenvalue weighted by atomic mass is 15.1. The van der Waals surface area contributed by atoms with Gasteiger partial charge in [-0.1, -0.05) is 220 Å². The van der Waals surface area contributed by atoms with E-state index in [0.29, 0.717) is 0 Å². The predicted octanol–water partition coefficient (Wildman–Crippen LogP) is 19.4. The van der Waals surface area contributed by atoms with Gasteiger partial charge in [0.15, 0.2) is 0 Å². The molecule has 13 rings (SSSR count). The molecule has 0 spiro atoms. The fourth-order valence-electron chi connectivity index (χ4n) is 12.2. The van der Waals surface area contributed by atoms with E-state index in [2.05, 4.69) is 267 Å². The molecule has 0 amide bonds. The number of para-hydroxylation sites is 2. The average molecular weight is 894 g/mol. The molecule has 0 radical (unpaired) electrons. The topological polar surface area (TPSA) is 3.24 Å². The fraction of sp³-hybridized carbons (Fsp3) is 0.0725. The van der Waals surface area contributed by atoms with E-state index >= 15 is 0 Å². The van der Waals surface area contributed by atoms with Crippen LogP contribution in [0.25, 0.3) is 100 Å². The maximum Gasteiger partial charge on any atom is 0.0465 e. The van der Waals surface area contributed by atoms with E-state index in [4.69, 9.17) is 0 Å². The summed E-state index contributed by atoms with van der Waals surface area (Å²) in [6.07, 6.45) is 6.70. The molecule has 0 heterocycles. The molecule has 1 nitrogen and oxygen atoms in total. The molecular weight excluding hydrogens is 843 g/mol. The van der Waals surface area contributed by atoms with Crippen molar-refractivity contribution in [1.29, 1.82) is 0 Å². The normalized spacial score (nSPS) is 12.9. The second-order valence-electron chi connectivity index (χ2n) is 18.9. The summed E-state index contributed by atoms with van der Waals surface area (Å²) < 4.78 is 0. The second kappa shape index (κ2) is 16.9. The summed E-state index contributed by atoms with van der Waals surface area (Å²) in [4.78, 5) is 2.39. The van der Waals surface area contributed by atoms with Crippen molar-refractivity contribution >= 4 is 50.8 Å². The Morgan fingerprint density at radius 2 is 0.914 bits per heavy atom. The molecule has 0 aromatic heterocycles. The maximum atomic E-state index is 2.48. The Balaban J connectivity index is 0.929. The van der Waals surface area contributed by atoms with Crippen LogP contribution in [-0.2, 0) is 5.41 Å². The van der Waals surface area contributed by atoms with Gasteiger partial charge >= 0.3 is 0 Å². The van der Waals surface area contributed by atoms with Gasteiger partial charge in [-0.25, -0.2) is 0 Å². The number of hydrogen-bond acceptors (Lipinski definition) is 1. The largest absolute Gasteiger partial charge is 0.310 e. The van der Waals surface area contributed by atoms with Crippen molar-refractivity contribution in [2.24, 2.45) is 0 Å². The molecule has 11 aromatic rings. The van der Waals surface area contributed by atoms with Crippen molar-refractivity contribution < 1.29 is 0 Å². The van der Waals surface area contributed by atoms with Crippen LogP contribution in [0.5, 0.6) is 0 Å². The first-order chi connectivity index (χ1) is 34.6. The Hall–Kier alpha value is -8.52. The Morgan fingerprint density at radius 3 is 1.57 bits per heavy atom. The van der Waals surface area contributed by atoms with Gasteiger partial charge in [0.2, 0.25) is 0 Å². The molecule has 0 bridgehead atoms. The second-order valence-corrected chi connectivity index (χ2v) is 18.9. The van der Waals surface area contributed by atoms with Gasteiger partial charge in [-0.15, -0.1) is 0 Å². The molecule has 2 aliphatic rings. The van der Waals surface area contributed by atoms with Crippen molar-refractivity contribution in [3.05, 3.63) is 259 Å². The Bertz CT molecular complexity index is 3780. The smallest absolute Gasteiger partial charge is 0.0465 e. The number of anilines is 3. The van der Waals surface area contributed by atoms with Crippen LogP contribution in [0.3, 0.4) is 0 Å². The third kappa shape index (κ3) is 6.53. The van der Waals surface area contributed by atoms with Gasteiger partial charge in [0.05, 0.1) is 0 Å². The van der Waals surface area contributed by atoms with E-state index in [-0.39, 0.29) is 5.41 Å². The SMILES string of the molecule is CCC1(CC)c2cc(/C=C/c3ccc(-c4cc(-c5ccccc5)c5c(c4-c4ccccc4)-c4cccc6cccc-5c46)c4ccccc34)ccc2-c2ccc(N(c3ccccc3)c3ccccc3)cc21. The van der Waals surface area contributed by atoms with E-state index in [1.165, 1.54) is 116 Å². The molecule has 0 unspecified atom stereocenters. The zero-order chi connectivity index (χ0) is 46.8. The van der Waals surface area contributed by atoms with Gasteiger partial charge in [-0.3, -0.25) is 0 Å². The molecule has 1 heteroatoms. The molecular formula is C69H51N. The van der Waals surface area contributed by atoms with E-state index in [1.807, 2.05) is 0 Å². The lowest BCUT2D eigenvalue weighted by Crippen LogP contribution is -2.23. The van der Waals surface area contributed by atoms with Crippen LogP contribution in [0.2, 0.25) is 0 Å². The Labute approximate surface area is 411 Å². The number of nitrogens with zero attached hydrogens (tertiary/aromatic N) is 1. The van der Waals surface area contributed by atoms with E-state index < -0.39 is 0 Å². The van der Waals surface area contributed by atoms with E-state index in [1.54, 1.807) is 0 Å². The lowest BCUT2D eigenvalue weighted by Gasteiger charge is -2.32. The molecule has 0 aliphatic heterocycles. The third-order valence-corrected chi connectivity index (χ3v) is 15.5. The zero-order valence-corrected chi connectivity index (χ0v) is 39.5. The third-order valence-electron chi connectivity index (χ3n) is 15.5. The highest BCUT2D eigenvalue weighted by Crippen LogP contribution is 2.58. The molecule has 2 aliphatic carbocycles. The monoisotopic (exact) mass is 893 g/mol. The van der Waals surface area contributed by atoms with Gasteiger partial charge in [0.1, 0.15) is 0 Å². The molecule has 70 heavy (non-hydrogen) atoms. The Kier molecular flexibility index (Phi) is 10.1. The first-order valence-corrected chi connectivity index (χ1v) is 24.9. The molecule has 0 saturated carbocycles. The Morgan fingerprint density at radius 1 is 0.357 bits per heavy atom. The highest BCUT2D eigenvalue weighted by molar-refractivity contribution is 6.23. The summed E-state index contributed by atoms with van der Waals surface area (Å²) in [5.74, 6) is 0. The van der Waals surface area contributed by atoms with Crippen molar-refractivity contribution in [3.63, 3.8) is 0 Å². The lowest BCUT2D eigenvalue weighted by atomic mass is 9.73. The van der Waals surface area contributed by atoms with Crippen molar-refractivity contribution in [2.45, 2.75) is 32.1 Å². The van der Waals surface area contributed by atoms with Gasteiger partial charge in [-0.2, -0.15) is 0 Å². The van der Waals surface area contributed by atoms with Crippen LogP contribution < -0.4 is 4.90 Å². The summed E-state index contributed by atoms with van der Waals surface area (Å²) in [6.45, 7) is 4.73. The summed E-state index contributed by atoms with van der Waals surface area (Å²) in [6, 6.07) is 87.6. The van der Waals surface area contributed by atoms with Gasteiger partial charge < -0.3 is 4.90 Å². The van der Waals surface area contributed by atoms with Crippen molar-refractivity contribution in [1.82, 2.24) is 0 Å². The average Bonchev–Trinajstić information content (AvgIpc) is 3.91. The van der Waals surface area contributed by atoms with Crippen molar-refractivity contribution in [3.8, 4) is 66.8 Å². The first-order valence-electron chi connectivity index (χ1n) is 24.9. The number of hydrogen-bond donors (Lipinski definition) is 0. The minimum atomic E-state index is -0.101. The van der Waals surface area contributed by atoms with E-state index in [9.17, 15) is 0 Å². The maximum absolute atomic E-state index is 2.48. The lowest BCUT2D eigenvalue weighted by molar-refractivity contribution is 0.490. The fourth-order valence-corrected chi connectivity index (χ4v) is 12.2. The van der Waals surface area contributed by atoms with Crippen LogP contribution >= 0.6 is 0 Å². The molecule has 0 fully saturated rings. The quantitative estimate of drug-likeness (QED) is 0.124. The summed E-state index contributed by atoms with van der Waals surface area (Å²) in [5, 5.41) is 5.09. The molecule has 332 valence electrons. The predicted molar refractivity (Wildman–Crippen MR) is 299 cm³/mol. The van der Waals surface area contributed by atoms with Crippen LogP contribution in [0.4, 0.5) is 17.1 Å². The van der Waals surface area contributed by atoms with Gasteiger partial charge in [0.25, 0.3) is 0 Å². The van der Waals surface area contributed by atoms with Crippen LogP contribution in [0, 0.1) is 0 Å². The molecule has 0 saturated heterocycles. The molecule has 11 aromatic carbocycles. The number of rotatable bonds is 10. The van der Waals surface area contributed by atoms with Gasteiger partial charge in [-0.05, 0) is 166 Å². The van der Waals surface area contributed by atoms with E-state index in [0.717, 1.165) is 24.2 Å². The number of fused-ring (bicyclic) bond motifs is 7. The summed E-state index contributed by atoms with van der Waals surface area (Å²) in [7, 11) is 0. The van der Waals surface area contributed by atoms with Crippen molar-refractivity contribution in [2.75, 3.05) is 4.90 Å². The molecule has 0 atom stereocenters. The highest BCUT2D eigenvalue weighted by Gasteiger charge is 2.41. The first kappa shape index (κ1) is 41.7. The van der Waals surface area contributed by atoms with Crippen LogP contribution in [0.15, 0.2) is 237 Å². The zero-order valence-electron chi connectivity index (χ0n) is 39.5. The van der Waals surface area contributed by atoms with Gasteiger partial charge in [0, 0.05) is 22.5 Å². The minimum absolute atomic E-state index is 0.101. The summed E-state index contributed by atoms with van der Waals surface area (Å²) >= 11 is 0. The van der Waals surface area contributed by atoms with Crippen LogP contribution in [0.1, 0.15) is 48.9 Å².